The largest absolute Gasteiger partial charge is 0.354 e. The van der Waals surface area contributed by atoms with Gasteiger partial charge in [0.2, 0.25) is 11.8 Å². The Balaban J connectivity index is 1.87. The molecule has 1 N–H and O–H groups in total. The van der Waals surface area contributed by atoms with Gasteiger partial charge in [0.05, 0.1) is 0 Å². The Kier molecular flexibility index (Phi) is 10.7. The maximum absolute atomic E-state index is 14.6. The molecule has 0 aromatic heterocycles. The first-order chi connectivity index (χ1) is 17.5. The summed E-state index contributed by atoms with van der Waals surface area (Å²) >= 11 is 0. The number of halogens is 1. The second-order valence-corrected chi connectivity index (χ2v) is 9.13. The van der Waals surface area contributed by atoms with Crippen LogP contribution in [0.5, 0.6) is 0 Å². The Labute approximate surface area is 214 Å². The number of amides is 2. The van der Waals surface area contributed by atoms with Crippen LogP contribution < -0.4 is 5.32 Å². The Hall–Kier alpha value is -3.47. The van der Waals surface area contributed by atoms with Gasteiger partial charge in [-0.2, -0.15) is 0 Å². The highest BCUT2D eigenvalue weighted by Gasteiger charge is 2.30. The second-order valence-electron chi connectivity index (χ2n) is 9.13. The Morgan fingerprint density at radius 3 is 2.19 bits per heavy atom. The topological polar surface area (TPSA) is 49.4 Å². The minimum absolute atomic E-state index is 0.0407. The van der Waals surface area contributed by atoms with E-state index in [1.54, 1.807) is 23.1 Å². The quantitative estimate of drug-likeness (QED) is 0.306. The molecule has 2 amide bonds. The van der Waals surface area contributed by atoms with E-state index in [2.05, 4.69) is 31.3 Å². The highest BCUT2D eigenvalue weighted by atomic mass is 19.1. The Bertz CT molecular complexity index is 1100. The summed E-state index contributed by atoms with van der Waals surface area (Å²) in [5.74, 6) is -0.746. The lowest BCUT2D eigenvalue weighted by atomic mass is 10.0. The molecule has 0 aliphatic heterocycles. The van der Waals surface area contributed by atoms with Crippen LogP contribution in [0, 0.1) is 5.82 Å². The highest BCUT2D eigenvalue weighted by Crippen LogP contribution is 2.19. The van der Waals surface area contributed by atoms with Crippen LogP contribution in [0.2, 0.25) is 0 Å². The van der Waals surface area contributed by atoms with E-state index in [0.29, 0.717) is 24.9 Å². The van der Waals surface area contributed by atoms with Crippen molar-refractivity contribution in [3.8, 4) is 0 Å². The number of hydrogen-bond donors (Lipinski definition) is 1. The summed E-state index contributed by atoms with van der Waals surface area (Å²) in [7, 11) is 0. The molecule has 0 saturated heterocycles. The van der Waals surface area contributed by atoms with Crippen molar-refractivity contribution in [1.82, 2.24) is 10.2 Å². The predicted molar refractivity (Wildman–Crippen MR) is 143 cm³/mol. The lowest BCUT2D eigenvalue weighted by molar-refractivity contribution is -0.141. The molecule has 0 heterocycles. The molecule has 3 aromatic carbocycles. The lowest BCUT2D eigenvalue weighted by Crippen LogP contribution is -2.50. The standard InChI is InChI=1S/C31H37FN2O2/c1-3-5-21-33-31(36)29(22-26-11-7-6-8-12-26)34(23-27-13-9-10-14-28(27)32)30(35)20-19-25-17-15-24(4-2)16-18-25/h6-18,29H,3-5,19-23H2,1-2H3,(H,33,36)/t29-/m0/s1. The number of nitrogens with zero attached hydrogens (tertiary/aromatic N) is 1. The number of hydrogen-bond acceptors (Lipinski definition) is 2. The van der Waals surface area contributed by atoms with E-state index in [1.807, 2.05) is 42.5 Å². The molecule has 1 atom stereocenters. The molecule has 0 fully saturated rings. The number of rotatable bonds is 13. The monoisotopic (exact) mass is 488 g/mol. The van der Waals surface area contributed by atoms with E-state index in [-0.39, 0.29) is 30.6 Å². The van der Waals surface area contributed by atoms with E-state index in [9.17, 15) is 14.0 Å². The molecule has 0 radical (unpaired) electrons. The Morgan fingerprint density at radius 1 is 0.861 bits per heavy atom. The van der Waals surface area contributed by atoms with Gasteiger partial charge < -0.3 is 10.2 Å². The third kappa shape index (κ3) is 8.04. The fourth-order valence-electron chi connectivity index (χ4n) is 4.21. The van der Waals surface area contributed by atoms with Crippen molar-refractivity contribution in [2.75, 3.05) is 6.54 Å². The summed E-state index contributed by atoms with van der Waals surface area (Å²) < 4.78 is 14.6. The number of carbonyl (C=O) groups is 2. The summed E-state index contributed by atoms with van der Waals surface area (Å²) in [5, 5.41) is 3.00. The van der Waals surface area contributed by atoms with Gasteiger partial charge in [0.1, 0.15) is 11.9 Å². The molecule has 0 unspecified atom stereocenters. The van der Waals surface area contributed by atoms with Crippen LogP contribution in [0.25, 0.3) is 0 Å². The van der Waals surface area contributed by atoms with Crippen molar-refractivity contribution in [3.05, 3.63) is 107 Å². The van der Waals surface area contributed by atoms with E-state index in [0.717, 1.165) is 30.4 Å². The molecule has 3 aromatic rings. The van der Waals surface area contributed by atoms with Gasteiger partial charge in [0.15, 0.2) is 0 Å². The van der Waals surface area contributed by atoms with E-state index in [1.165, 1.54) is 11.6 Å². The van der Waals surface area contributed by atoms with Gasteiger partial charge in [0.25, 0.3) is 0 Å². The average molecular weight is 489 g/mol. The summed E-state index contributed by atoms with van der Waals surface area (Å²) in [6.45, 7) is 4.76. The van der Waals surface area contributed by atoms with Gasteiger partial charge in [-0.3, -0.25) is 9.59 Å². The van der Waals surface area contributed by atoms with E-state index in [4.69, 9.17) is 0 Å². The number of nitrogens with one attached hydrogen (secondary N) is 1. The van der Waals surface area contributed by atoms with Gasteiger partial charge in [0, 0.05) is 31.5 Å². The van der Waals surface area contributed by atoms with E-state index >= 15 is 0 Å². The lowest BCUT2D eigenvalue weighted by Gasteiger charge is -2.32. The van der Waals surface area contributed by atoms with Crippen LogP contribution in [-0.2, 0) is 35.4 Å². The minimum atomic E-state index is -0.737. The maximum atomic E-state index is 14.6. The number of unbranched alkanes of at least 4 members (excludes halogenated alkanes) is 1. The third-order valence-electron chi connectivity index (χ3n) is 6.46. The normalized spacial score (nSPS) is 11.6. The van der Waals surface area contributed by atoms with Crippen LogP contribution in [0.1, 0.15) is 55.4 Å². The molecule has 36 heavy (non-hydrogen) atoms. The molecule has 0 aliphatic carbocycles. The molecule has 3 rings (SSSR count). The summed E-state index contributed by atoms with van der Waals surface area (Å²) in [6.07, 6.45) is 3.95. The molecule has 190 valence electrons. The fourth-order valence-corrected chi connectivity index (χ4v) is 4.21. The zero-order valence-electron chi connectivity index (χ0n) is 21.4. The van der Waals surface area contributed by atoms with Crippen molar-refractivity contribution in [1.29, 1.82) is 0 Å². The summed E-state index contributed by atoms with van der Waals surface area (Å²) in [4.78, 5) is 28.6. The van der Waals surface area contributed by atoms with Gasteiger partial charge in [-0.05, 0) is 42.0 Å². The average Bonchev–Trinajstić information content (AvgIpc) is 2.91. The number of aryl methyl sites for hydroxylation is 2. The first kappa shape index (κ1) is 27.1. The Morgan fingerprint density at radius 2 is 1.53 bits per heavy atom. The van der Waals surface area contributed by atoms with Gasteiger partial charge in [-0.1, -0.05) is 93.1 Å². The van der Waals surface area contributed by atoms with Gasteiger partial charge in [-0.25, -0.2) is 4.39 Å². The molecule has 0 spiro atoms. The zero-order valence-corrected chi connectivity index (χ0v) is 21.4. The third-order valence-corrected chi connectivity index (χ3v) is 6.46. The van der Waals surface area contributed by atoms with Gasteiger partial charge in [-0.15, -0.1) is 0 Å². The first-order valence-corrected chi connectivity index (χ1v) is 12.9. The highest BCUT2D eigenvalue weighted by molar-refractivity contribution is 5.88. The van der Waals surface area contributed by atoms with Crippen LogP contribution >= 0.6 is 0 Å². The molecule has 4 nitrogen and oxygen atoms in total. The van der Waals surface area contributed by atoms with Crippen molar-refractivity contribution in [2.45, 2.75) is 65.0 Å². The second kappa shape index (κ2) is 14.2. The molecule has 0 aliphatic rings. The number of carbonyl (C=O) groups excluding carboxylic acids is 2. The molecule has 5 heteroatoms. The smallest absolute Gasteiger partial charge is 0.243 e. The van der Waals surface area contributed by atoms with Crippen molar-refractivity contribution in [3.63, 3.8) is 0 Å². The van der Waals surface area contributed by atoms with Crippen LogP contribution in [0.4, 0.5) is 4.39 Å². The molecular weight excluding hydrogens is 451 g/mol. The van der Waals surface area contributed by atoms with E-state index < -0.39 is 6.04 Å². The number of benzene rings is 3. The fraction of sp³-hybridized carbons (Fsp3) is 0.355. The summed E-state index contributed by atoms with van der Waals surface area (Å²) in [5.41, 5.74) is 3.67. The van der Waals surface area contributed by atoms with Crippen molar-refractivity contribution < 1.29 is 14.0 Å². The predicted octanol–water partition coefficient (Wildman–Crippen LogP) is 5.88. The van der Waals surface area contributed by atoms with Crippen LogP contribution in [0.15, 0.2) is 78.9 Å². The SMILES string of the molecule is CCCCNC(=O)[C@H](Cc1ccccc1)N(Cc1ccccc1F)C(=O)CCc1ccc(CC)cc1. The molecule has 0 saturated carbocycles. The molecular formula is C31H37FN2O2. The minimum Gasteiger partial charge on any atom is -0.354 e. The van der Waals surface area contributed by atoms with Crippen molar-refractivity contribution >= 4 is 11.8 Å². The van der Waals surface area contributed by atoms with Gasteiger partial charge >= 0.3 is 0 Å². The van der Waals surface area contributed by atoms with Crippen LogP contribution in [0.3, 0.4) is 0 Å². The van der Waals surface area contributed by atoms with Crippen LogP contribution in [-0.4, -0.2) is 29.3 Å². The zero-order chi connectivity index (χ0) is 25.8. The van der Waals surface area contributed by atoms with Crippen molar-refractivity contribution in [2.24, 2.45) is 0 Å². The first-order valence-electron chi connectivity index (χ1n) is 12.9. The molecule has 0 bridgehead atoms. The maximum Gasteiger partial charge on any atom is 0.243 e. The summed E-state index contributed by atoms with van der Waals surface area (Å²) in [6, 6.07) is 23.6.